The number of halogens is 1. The van der Waals surface area contributed by atoms with Crippen molar-refractivity contribution in [1.82, 2.24) is 5.32 Å². The summed E-state index contributed by atoms with van der Waals surface area (Å²) in [5.41, 5.74) is 0.810. The minimum Gasteiger partial charge on any atom is -0.394 e. The third-order valence-electron chi connectivity index (χ3n) is 5.06. The molecule has 0 aliphatic carbocycles. The fourth-order valence-corrected chi connectivity index (χ4v) is 3.45. The van der Waals surface area contributed by atoms with Crippen LogP contribution < -0.4 is 5.32 Å². The van der Waals surface area contributed by atoms with Gasteiger partial charge in [-0.15, -0.1) is 0 Å². The second-order valence-corrected chi connectivity index (χ2v) is 8.15. The normalized spacial score (nSPS) is 12.4. The highest BCUT2D eigenvalue weighted by Crippen LogP contribution is 2.12. The second-order valence-electron chi connectivity index (χ2n) is 7.71. The summed E-state index contributed by atoms with van der Waals surface area (Å²) < 4.78 is 0. The van der Waals surface area contributed by atoms with Crippen molar-refractivity contribution in [2.24, 2.45) is 4.99 Å². The predicted octanol–water partition coefficient (Wildman–Crippen LogP) is 5.94. The lowest BCUT2D eigenvalue weighted by Gasteiger charge is -2.10. The molecule has 0 saturated heterocycles. The molecule has 1 rings (SSSR count). The number of rotatable bonds is 17. The van der Waals surface area contributed by atoms with Crippen molar-refractivity contribution in [2.45, 2.75) is 90.0 Å². The zero-order valence-electron chi connectivity index (χ0n) is 18.0. The molecule has 164 valence electrons. The lowest BCUT2D eigenvalue weighted by atomic mass is 10.1. The summed E-state index contributed by atoms with van der Waals surface area (Å²) in [4.78, 5) is 16.3. The van der Waals surface area contributed by atoms with E-state index in [-0.39, 0.29) is 12.5 Å². The third-order valence-corrected chi connectivity index (χ3v) is 5.29. The summed E-state index contributed by atoms with van der Waals surface area (Å²) in [5, 5.41) is 12.9. The van der Waals surface area contributed by atoms with Crippen molar-refractivity contribution < 1.29 is 9.90 Å². The van der Waals surface area contributed by atoms with Crippen LogP contribution in [0.1, 0.15) is 89.5 Å². The maximum absolute atomic E-state index is 12.2. The number of carbonyl (C=O) groups excluding carboxylic acids is 1. The molecular formula is C24H39ClN2O2. The van der Waals surface area contributed by atoms with Gasteiger partial charge in [-0.2, -0.15) is 0 Å². The van der Waals surface area contributed by atoms with E-state index in [0.29, 0.717) is 11.6 Å². The summed E-state index contributed by atoms with van der Waals surface area (Å²) in [6.07, 6.45) is 17.1. The number of nitrogens with zero attached hydrogens (tertiary/aromatic N) is 1. The van der Waals surface area contributed by atoms with Gasteiger partial charge in [-0.05, 0) is 24.1 Å². The average molecular weight is 423 g/mol. The molecule has 0 saturated carbocycles. The van der Waals surface area contributed by atoms with Crippen molar-refractivity contribution in [3.63, 3.8) is 0 Å². The van der Waals surface area contributed by atoms with Gasteiger partial charge in [0.2, 0.25) is 5.91 Å². The molecule has 1 amide bonds. The highest BCUT2D eigenvalue weighted by molar-refractivity contribution is 6.30. The van der Waals surface area contributed by atoms with E-state index < -0.39 is 6.04 Å². The first kappa shape index (κ1) is 25.6. The van der Waals surface area contributed by atoms with Crippen LogP contribution in [0, 0.1) is 0 Å². The number of hydrogen-bond acceptors (Lipinski definition) is 3. The summed E-state index contributed by atoms with van der Waals surface area (Å²) in [6.45, 7) is 2.59. The first-order chi connectivity index (χ1) is 14.2. The van der Waals surface area contributed by atoms with Gasteiger partial charge in [-0.3, -0.25) is 9.79 Å². The lowest BCUT2D eigenvalue weighted by molar-refractivity contribution is -0.123. The molecule has 0 bridgehead atoms. The Labute approximate surface area is 182 Å². The Hall–Kier alpha value is -1.39. The van der Waals surface area contributed by atoms with Gasteiger partial charge < -0.3 is 10.4 Å². The van der Waals surface area contributed by atoms with Crippen LogP contribution in [0.2, 0.25) is 5.02 Å². The first-order valence-corrected chi connectivity index (χ1v) is 11.7. The number of aliphatic imine (C=N–C) groups is 1. The number of carbonyl (C=O) groups is 1. The largest absolute Gasteiger partial charge is 0.394 e. The van der Waals surface area contributed by atoms with Crippen molar-refractivity contribution >= 4 is 23.7 Å². The first-order valence-electron chi connectivity index (χ1n) is 11.3. The van der Waals surface area contributed by atoms with E-state index in [4.69, 9.17) is 11.6 Å². The number of aliphatic hydroxyl groups excluding tert-OH is 1. The number of nitrogens with one attached hydrogen (secondary N) is 1. The van der Waals surface area contributed by atoms with E-state index in [0.717, 1.165) is 18.4 Å². The molecule has 2 N–H and O–H groups in total. The summed E-state index contributed by atoms with van der Waals surface area (Å²) >= 11 is 5.93. The van der Waals surface area contributed by atoms with Gasteiger partial charge in [-0.1, -0.05) is 101 Å². The number of hydrogen-bond donors (Lipinski definition) is 2. The van der Waals surface area contributed by atoms with Crippen LogP contribution in [-0.4, -0.2) is 36.4 Å². The van der Waals surface area contributed by atoms with Crippen LogP contribution in [0.25, 0.3) is 0 Å². The van der Waals surface area contributed by atoms with Crippen molar-refractivity contribution in [3.8, 4) is 0 Å². The predicted molar refractivity (Wildman–Crippen MR) is 124 cm³/mol. The molecule has 29 heavy (non-hydrogen) atoms. The standard InChI is InChI=1S/C24H39ClN2O2/c1-2-3-4-5-6-7-8-9-10-11-12-13-17-26-24(29)23(20-28)27-19-21-15-14-16-22(25)18-21/h14-16,18-19,23,28H,2-13,17,20H2,1H3,(H,26,29)/b27-19+/t23-/m0/s1. The van der Waals surface area contributed by atoms with E-state index in [1.54, 1.807) is 18.3 Å². The molecule has 0 unspecified atom stereocenters. The fourth-order valence-electron chi connectivity index (χ4n) is 3.26. The van der Waals surface area contributed by atoms with Gasteiger partial charge in [0, 0.05) is 17.8 Å². The number of benzene rings is 1. The number of unbranched alkanes of at least 4 members (excludes halogenated alkanes) is 11. The molecule has 1 aromatic carbocycles. The van der Waals surface area contributed by atoms with E-state index in [1.807, 2.05) is 12.1 Å². The minimum absolute atomic E-state index is 0.228. The summed E-state index contributed by atoms with van der Waals surface area (Å²) in [7, 11) is 0. The second kappa shape index (κ2) is 17.5. The topological polar surface area (TPSA) is 61.7 Å². The average Bonchev–Trinajstić information content (AvgIpc) is 2.72. The molecule has 4 nitrogen and oxygen atoms in total. The van der Waals surface area contributed by atoms with Gasteiger partial charge in [0.1, 0.15) is 0 Å². The highest BCUT2D eigenvalue weighted by Gasteiger charge is 2.14. The highest BCUT2D eigenvalue weighted by atomic mass is 35.5. The Morgan fingerprint density at radius 2 is 1.62 bits per heavy atom. The molecule has 5 heteroatoms. The van der Waals surface area contributed by atoms with Crippen molar-refractivity contribution in [2.75, 3.05) is 13.2 Å². The van der Waals surface area contributed by atoms with Gasteiger partial charge in [0.15, 0.2) is 6.04 Å². The maximum Gasteiger partial charge on any atom is 0.247 e. The van der Waals surface area contributed by atoms with E-state index in [9.17, 15) is 9.90 Å². The molecule has 0 aliphatic rings. The molecule has 0 radical (unpaired) electrons. The van der Waals surface area contributed by atoms with E-state index in [2.05, 4.69) is 17.2 Å². The quantitative estimate of drug-likeness (QED) is 0.241. The van der Waals surface area contributed by atoms with E-state index in [1.165, 1.54) is 64.2 Å². The zero-order chi connectivity index (χ0) is 21.2. The summed E-state index contributed by atoms with van der Waals surface area (Å²) in [6, 6.07) is 6.46. The number of aliphatic hydroxyl groups is 1. The Balaban J connectivity index is 2.04. The number of amides is 1. The van der Waals surface area contributed by atoms with Crippen LogP contribution >= 0.6 is 11.6 Å². The Morgan fingerprint density at radius 3 is 2.17 bits per heavy atom. The van der Waals surface area contributed by atoms with Crippen LogP contribution in [-0.2, 0) is 4.79 Å². The summed E-state index contributed by atoms with van der Waals surface area (Å²) in [5.74, 6) is -0.228. The Kier molecular flexibility index (Phi) is 15.4. The maximum atomic E-state index is 12.2. The minimum atomic E-state index is -0.772. The molecule has 0 fully saturated rings. The lowest BCUT2D eigenvalue weighted by Crippen LogP contribution is -2.36. The molecule has 0 spiro atoms. The molecule has 0 heterocycles. The van der Waals surface area contributed by atoms with Crippen LogP contribution in [0.15, 0.2) is 29.3 Å². The van der Waals surface area contributed by atoms with Gasteiger partial charge in [0.25, 0.3) is 0 Å². The van der Waals surface area contributed by atoms with Crippen LogP contribution in [0.3, 0.4) is 0 Å². The molecule has 1 atom stereocenters. The fraction of sp³-hybridized carbons (Fsp3) is 0.667. The third kappa shape index (κ3) is 13.5. The van der Waals surface area contributed by atoms with E-state index >= 15 is 0 Å². The monoisotopic (exact) mass is 422 g/mol. The molecule has 0 aromatic heterocycles. The zero-order valence-corrected chi connectivity index (χ0v) is 18.8. The van der Waals surface area contributed by atoms with Crippen molar-refractivity contribution in [3.05, 3.63) is 34.9 Å². The Bertz CT molecular complexity index is 578. The van der Waals surface area contributed by atoms with Gasteiger partial charge in [0.05, 0.1) is 6.61 Å². The molecule has 1 aromatic rings. The Morgan fingerprint density at radius 1 is 1.03 bits per heavy atom. The van der Waals surface area contributed by atoms with Gasteiger partial charge in [-0.25, -0.2) is 0 Å². The smallest absolute Gasteiger partial charge is 0.247 e. The van der Waals surface area contributed by atoms with Crippen molar-refractivity contribution in [1.29, 1.82) is 0 Å². The van der Waals surface area contributed by atoms with Gasteiger partial charge >= 0.3 is 0 Å². The molecule has 0 aliphatic heterocycles. The van der Waals surface area contributed by atoms with Crippen LogP contribution in [0.4, 0.5) is 0 Å². The SMILES string of the molecule is CCCCCCCCCCCCCCNC(=O)[C@H](CO)/N=C/c1cccc(Cl)c1. The molecular weight excluding hydrogens is 384 g/mol. The van der Waals surface area contributed by atoms with Crippen LogP contribution in [0.5, 0.6) is 0 Å².